The molecule has 0 radical (unpaired) electrons. The highest BCUT2D eigenvalue weighted by atomic mass is 35.5. The first-order valence-electron chi connectivity index (χ1n) is 9.68. The van der Waals surface area contributed by atoms with Gasteiger partial charge >= 0.3 is 0 Å². The van der Waals surface area contributed by atoms with Crippen LogP contribution in [0, 0.1) is 34.5 Å². The van der Waals surface area contributed by atoms with Crippen LogP contribution in [0.15, 0.2) is 10.2 Å². The zero-order valence-electron chi connectivity index (χ0n) is 16.6. The molecule has 0 fully saturated rings. The Balaban J connectivity index is 0. The minimum absolute atomic E-state index is 0. The first kappa shape index (κ1) is 26.1. The van der Waals surface area contributed by atoms with Crippen molar-refractivity contribution < 1.29 is 0 Å². The third-order valence-corrected chi connectivity index (χ3v) is 4.16. The van der Waals surface area contributed by atoms with E-state index in [2.05, 4.69) is 50.1 Å². The summed E-state index contributed by atoms with van der Waals surface area (Å²) in [5.41, 5.74) is 0. The average Bonchev–Trinajstić information content (AvgIpc) is 2.54. The topological polar surface area (TPSA) is 72.3 Å². The maximum absolute atomic E-state index is 9.17. The molecule has 0 aromatic heterocycles. The Labute approximate surface area is 161 Å². The van der Waals surface area contributed by atoms with E-state index in [0.717, 1.165) is 50.4 Å². The van der Waals surface area contributed by atoms with Gasteiger partial charge in [-0.05, 0) is 24.7 Å². The molecule has 0 saturated heterocycles. The van der Waals surface area contributed by atoms with Crippen LogP contribution in [0.25, 0.3) is 0 Å². The molecular formula is C20H37ClN4. The summed E-state index contributed by atoms with van der Waals surface area (Å²) in [6.07, 6.45) is 10.7. The smallest absolute Gasteiger partial charge is 0.157 e. The third kappa shape index (κ3) is 17.5. The minimum atomic E-state index is -0.388. The maximum atomic E-state index is 9.17. The molecule has 4 nitrogen and oxygen atoms in total. The predicted octanol–water partition coefficient (Wildman–Crippen LogP) is 6.86. The van der Waals surface area contributed by atoms with Gasteiger partial charge in [-0.2, -0.15) is 20.8 Å². The number of halogens is 1. The predicted molar refractivity (Wildman–Crippen MR) is 107 cm³/mol. The largest absolute Gasteiger partial charge is 0.196 e. The second-order valence-corrected chi connectivity index (χ2v) is 7.58. The van der Waals surface area contributed by atoms with E-state index in [1.807, 2.05) is 0 Å². The Morgan fingerprint density at radius 1 is 0.600 bits per heavy atom. The lowest BCUT2D eigenvalue weighted by molar-refractivity contribution is 0.502. The van der Waals surface area contributed by atoms with Crippen LogP contribution in [0.1, 0.15) is 91.9 Å². The molecule has 0 aromatic carbocycles. The van der Waals surface area contributed by atoms with Crippen molar-refractivity contribution in [3.63, 3.8) is 0 Å². The highest BCUT2D eigenvalue weighted by Gasteiger charge is 2.09. The fourth-order valence-electron chi connectivity index (χ4n) is 2.59. The molecule has 0 heterocycles. The first-order valence-corrected chi connectivity index (χ1v) is 9.68. The van der Waals surface area contributed by atoms with Gasteiger partial charge < -0.3 is 0 Å². The van der Waals surface area contributed by atoms with Gasteiger partial charge in [0.15, 0.2) is 12.1 Å². The number of nitrogens with zero attached hydrogens (tertiary/aromatic N) is 4. The molecule has 2 atom stereocenters. The number of hydrogen-bond donors (Lipinski definition) is 0. The van der Waals surface area contributed by atoms with E-state index in [-0.39, 0.29) is 24.5 Å². The van der Waals surface area contributed by atoms with Gasteiger partial charge in [0.1, 0.15) is 0 Å². The van der Waals surface area contributed by atoms with Crippen LogP contribution in [0.4, 0.5) is 0 Å². The van der Waals surface area contributed by atoms with Crippen molar-refractivity contribution in [1.82, 2.24) is 0 Å². The van der Waals surface area contributed by atoms with E-state index >= 15 is 0 Å². The van der Waals surface area contributed by atoms with Gasteiger partial charge in [0.25, 0.3) is 0 Å². The summed E-state index contributed by atoms with van der Waals surface area (Å²) in [6.45, 7) is 8.93. The normalized spacial score (nSPS) is 13.4. The van der Waals surface area contributed by atoms with Crippen LogP contribution in [0.3, 0.4) is 0 Å². The van der Waals surface area contributed by atoms with E-state index in [9.17, 15) is 0 Å². The van der Waals surface area contributed by atoms with Gasteiger partial charge in [0.2, 0.25) is 0 Å². The Morgan fingerprint density at radius 2 is 0.920 bits per heavy atom. The second kappa shape index (κ2) is 17.7. The lowest BCUT2D eigenvalue weighted by Crippen LogP contribution is -2.04. The summed E-state index contributed by atoms with van der Waals surface area (Å²) in [6, 6.07) is 3.62. The zero-order chi connectivity index (χ0) is 18.2. The molecule has 25 heavy (non-hydrogen) atoms. The quantitative estimate of drug-likeness (QED) is 0.248. The second-order valence-electron chi connectivity index (χ2n) is 7.58. The van der Waals surface area contributed by atoms with Crippen LogP contribution in [0.2, 0.25) is 0 Å². The molecule has 0 N–H and O–H groups in total. The van der Waals surface area contributed by atoms with E-state index < -0.39 is 0 Å². The number of unbranched alkanes of at least 4 members (excludes halogenated alkanes) is 4. The van der Waals surface area contributed by atoms with Gasteiger partial charge in [-0.25, -0.2) is 0 Å². The van der Waals surface area contributed by atoms with Crippen LogP contribution < -0.4 is 0 Å². The molecule has 0 bridgehead atoms. The number of nitriles is 2. The van der Waals surface area contributed by atoms with E-state index in [1.165, 1.54) is 25.7 Å². The lowest BCUT2D eigenvalue weighted by Gasteiger charge is -2.07. The van der Waals surface area contributed by atoms with Crippen molar-refractivity contribution >= 4 is 12.4 Å². The molecule has 144 valence electrons. The summed E-state index contributed by atoms with van der Waals surface area (Å²) in [5, 5.41) is 26.6. The number of rotatable bonds is 14. The molecule has 0 aliphatic carbocycles. The molecule has 2 unspecified atom stereocenters. The van der Waals surface area contributed by atoms with Crippen molar-refractivity contribution in [1.29, 1.82) is 10.5 Å². The van der Waals surface area contributed by atoms with Crippen LogP contribution in [0.5, 0.6) is 0 Å². The van der Waals surface area contributed by atoms with Gasteiger partial charge in [-0.15, -0.1) is 12.4 Å². The van der Waals surface area contributed by atoms with Crippen molar-refractivity contribution in [2.75, 3.05) is 0 Å². The molecule has 0 saturated carbocycles. The van der Waals surface area contributed by atoms with Crippen LogP contribution in [-0.4, -0.2) is 12.1 Å². The minimum Gasteiger partial charge on any atom is -0.196 e. The molecular weight excluding hydrogens is 332 g/mol. The summed E-state index contributed by atoms with van der Waals surface area (Å²) in [7, 11) is 0. The zero-order valence-corrected chi connectivity index (χ0v) is 17.4. The van der Waals surface area contributed by atoms with Gasteiger partial charge in [-0.1, -0.05) is 79.1 Å². The van der Waals surface area contributed by atoms with Gasteiger partial charge in [-0.3, -0.25) is 0 Å². The molecule has 0 aliphatic rings. The Morgan fingerprint density at radius 3 is 1.20 bits per heavy atom. The van der Waals surface area contributed by atoms with E-state index in [0.29, 0.717) is 0 Å². The van der Waals surface area contributed by atoms with Crippen LogP contribution in [-0.2, 0) is 0 Å². The van der Waals surface area contributed by atoms with Crippen molar-refractivity contribution in [3.05, 3.63) is 0 Å². The fraction of sp³-hybridized carbons (Fsp3) is 0.900. The van der Waals surface area contributed by atoms with Crippen LogP contribution >= 0.6 is 12.4 Å². The third-order valence-electron chi connectivity index (χ3n) is 4.16. The highest BCUT2D eigenvalue weighted by Crippen LogP contribution is 2.14. The molecule has 0 amide bonds. The summed E-state index contributed by atoms with van der Waals surface area (Å²) < 4.78 is 0. The Hall–Kier alpha value is -1.13. The standard InChI is InChI=1S/C20H36N4.ClH/c1-17(2)11-7-5-9-13-19(15-21)23-24-20(16-22)14-10-6-8-12-18(3)4;/h17-20H,5-14H2,1-4H3;1H. The highest BCUT2D eigenvalue weighted by molar-refractivity contribution is 5.85. The Bertz CT molecular complexity index is 369. The summed E-state index contributed by atoms with van der Waals surface area (Å²) in [5.74, 6) is 1.49. The number of azo groups is 1. The van der Waals surface area contributed by atoms with E-state index in [1.54, 1.807) is 0 Å². The lowest BCUT2D eigenvalue weighted by atomic mass is 10.0. The fourth-order valence-corrected chi connectivity index (χ4v) is 2.59. The molecule has 0 aliphatic heterocycles. The van der Waals surface area contributed by atoms with Gasteiger partial charge in [0.05, 0.1) is 12.1 Å². The van der Waals surface area contributed by atoms with Gasteiger partial charge in [0, 0.05) is 0 Å². The molecule has 0 aromatic rings. The first-order chi connectivity index (χ1) is 11.5. The van der Waals surface area contributed by atoms with Crippen molar-refractivity contribution in [2.24, 2.45) is 22.1 Å². The molecule has 5 heteroatoms. The molecule has 0 spiro atoms. The van der Waals surface area contributed by atoms with Crippen molar-refractivity contribution in [3.8, 4) is 12.1 Å². The monoisotopic (exact) mass is 368 g/mol. The average molecular weight is 369 g/mol. The SMILES string of the molecule is CC(C)CCCCCC(C#N)N=NC(C#N)CCCCCC(C)C.Cl. The number of hydrogen-bond acceptors (Lipinski definition) is 4. The Kier molecular flexibility index (Phi) is 18.5. The molecule has 0 rings (SSSR count). The van der Waals surface area contributed by atoms with E-state index in [4.69, 9.17) is 10.5 Å². The summed E-state index contributed by atoms with van der Waals surface area (Å²) in [4.78, 5) is 0. The maximum Gasteiger partial charge on any atom is 0.157 e. The van der Waals surface area contributed by atoms with Crippen molar-refractivity contribution in [2.45, 2.75) is 104 Å². The summed E-state index contributed by atoms with van der Waals surface area (Å²) >= 11 is 0.